The van der Waals surface area contributed by atoms with E-state index >= 15 is 0 Å². The molecular formula is C17H23IN4OS. The number of hydrogen-bond acceptors (Lipinski definition) is 4. The van der Waals surface area contributed by atoms with Crippen LogP contribution in [0.15, 0.2) is 58.4 Å². The van der Waals surface area contributed by atoms with Crippen molar-refractivity contribution in [1.29, 1.82) is 0 Å². The quantitative estimate of drug-likeness (QED) is 0.220. The van der Waals surface area contributed by atoms with Gasteiger partial charge in [-0.3, -0.25) is 4.99 Å². The largest absolute Gasteiger partial charge is 0.481 e. The van der Waals surface area contributed by atoms with Crippen LogP contribution in [-0.2, 0) is 6.54 Å². The van der Waals surface area contributed by atoms with Crippen molar-refractivity contribution in [2.24, 2.45) is 4.99 Å². The Morgan fingerprint density at radius 2 is 1.92 bits per heavy atom. The molecule has 0 saturated heterocycles. The molecule has 0 spiro atoms. The van der Waals surface area contributed by atoms with Gasteiger partial charge in [0.25, 0.3) is 0 Å². The highest BCUT2D eigenvalue weighted by molar-refractivity contribution is 14.0. The second-order valence-corrected chi connectivity index (χ2v) is 5.85. The van der Waals surface area contributed by atoms with Crippen LogP contribution in [0.1, 0.15) is 5.69 Å². The lowest BCUT2D eigenvalue weighted by Crippen LogP contribution is -2.38. The Hall–Kier alpha value is -1.48. The van der Waals surface area contributed by atoms with Gasteiger partial charge in [-0.2, -0.15) is 0 Å². The highest BCUT2D eigenvalue weighted by atomic mass is 127. The first-order valence-electron chi connectivity index (χ1n) is 7.44. The molecule has 1 heterocycles. The molecular weight excluding hydrogens is 435 g/mol. The van der Waals surface area contributed by atoms with Gasteiger partial charge < -0.3 is 15.4 Å². The fourth-order valence-corrected chi connectivity index (χ4v) is 2.71. The molecule has 0 aliphatic heterocycles. The summed E-state index contributed by atoms with van der Waals surface area (Å²) in [6, 6.07) is 16.1. The van der Waals surface area contributed by atoms with E-state index in [0.29, 0.717) is 12.4 Å². The minimum Gasteiger partial charge on any atom is -0.481 e. The fourth-order valence-electron chi connectivity index (χ4n) is 1.92. The molecule has 0 saturated carbocycles. The number of pyridine rings is 1. The second-order valence-electron chi connectivity index (χ2n) is 4.69. The summed E-state index contributed by atoms with van der Waals surface area (Å²) in [5.41, 5.74) is 0.908. The van der Waals surface area contributed by atoms with E-state index in [1.165, 1.54) is 4.90 Å². The summed E-state index contributed by atoms with van der Waals surface area (Å²) in [7, 11) is 3.38. The maximum absolute atomic E-state index is 5.12. The Bertz CT molecular complexity index is 625. The van der Waals surface area contributed by atoms with E-state index in [-0.39, 0.29) is 24.0 Å². The number of halogens is 1. The lowest BCUT2D eigenvalue weighted by Gasteiger charge is -2.11. The molecule has 7 heteroatoms. The number of hydrogen-bond donors (Lipinski definition) is 2. The molecule has 1 aromatic heterocycles. The lowest BCUT2D eigenvalue weighted by atomic mass is 10.3. The summed E-state index contributed by atoms with van der Waals surface area (Å²) >= 11 is 1.82. The molecule has 2 rings (SSSR count). The highest BCUT2D eigenvalue weighted by Crippen LogP contribution is 2.15. The molecule has 0 atom stereocenters. The monoisotopic (exact) mass is 458 g/mol. The molecule has 2 aromatic rings. The standard InChI is InChI=1S/C17H22N4OS.HI/c1-18-17(19-11-12-23-15-8-4-3-5-9-15)20-13-14-7-6-10-16(21-14)22-2;/h3-10H,11-13H2,1-2H3,(H2,18,19,20);1H. The van der Waals surface area contributed by atoms with Gasteiger partial charge in [-0.15, -0.1) is 35.7 Å². The van der Waals surface area contributed by atoms with Gasteiger partial charge >= 0.3 is 0 Å². The minimum atomic E-state index is 0. The summed E-state index contributed by atoms with van der Waals surface area (Å²) in [6.07, 6.45) is 0. The predicted octanol–water partition coefficient (Wildman–Crippen LogP) is 3.17. The van der Waals surface area contributed by atoms with Crippen LogP contribution in [0, 0.1) is 0 Å². The van der Waals surface area contributed by atoms with Crippen LogP contribution in [0.4, 0.5) is 0 Å². The molecule has 5 nitrogen and oxygen atoms in total. The van der Waals surface area contributed by atoms with Gasteiger partial charge in [0, 0.05) is 30.3 Å². The van der Waals surface area contributed by atoms with Gasteiger partial charge in [-0.1, -0.05) is 24.3 Å². The van der Waals surface area contributed by atoms with Crippen molar-refractivity contribution in [3.63, 3.8) is 0 Å². The third-order valence-corrected chi connectivity index (χ3v) is 4.07. The molecule has 130 valence electrons. The van der Waals surface area contributed by atoms with Crippen molar-refractivity contribution in [2.75, 3.05) is 26.5 Å². The van der Waals surface area contributed by atoms with Crippen molar-refractivity contribution < 1.29 is 4.74 Å². The minimum absolute atomic E-state index is 0. The number of aromatic nitrogens is 1. The smallest absolute Gasteiger partial charge is 0.213 e. The first-order chi connectivity index (χ1) is 11.3. The number of aliphatic imine (C=N–C) groups is 1. The van der Waals surface area contributed by atoms with Crippen LogP contribution < -0.4 is 15.4 Å². The Balaban J connectivity index is 0.00000288. The van der Waals surface area contributed by atoms with Crippen molar-refractivity contribution in [3.05, 3.63) is 54.2 Å². The number of thioether (sulfide) groups is 1. The fraction of sp³-hybridized carbons (Fsp3) is 0.294. The Labute approximate surface area is 164 Å². The van der Waals surface area contributed by atoms with Gasteiger partial charge in [0.2, 0.25) is 5.88 Å². The Morgan fingerprint density at radius 3 is 2.62 bits per heavy atom. The zero-order valence-corrected chi connectivity index (χ0v) is 17.0. The molecule has 0 radical (unpaired) electrons. The van der Waals surface area contributed by atoms with Gasteiger partial charge in [0.15, 0.2) is 5.96 Å². The average Bonchev–Trinajstić information content (AvgIpc) is 2.62. The van der Waals surface area contributed by atoms with Crippen molar-refractivity contribution in [2.45, 2.75) is 11.4 Å². The first kappa shape index (κ1) is 20.6. The Morgan fingerprint density at radius 1 is 1.12 bits per heavy atom. The number of ether oxygens (including phenoxy) is 1. The highest BCUT2D eigenvalue weighted by Gasteiger charge is 2.01. The predicted molar refractivity (Wildman–Crippen MR) is 112 cm³/mol. The van der Waals surface area contributed by atoms with Crippen LogP contribution in [0.3, 0.4) is 0 Å². The average molecular weight is 458 g/mol. The maximum atomic E-state index is 5.12. The summed E-state index contributed by atoms with van der Waals surface area (Å²) in [6.45, 7) is 1.44. The molecule has 24 heavy (non-hydrogen) atoms. The third-order valence-electron chi connectivity index (χ3n) is 3.06. The molecule has 2 N–H and O–H groups in total. The number of guanidine groups is 1. The molecule has 1 aromatic carbocycles. The van der Waals surface area contributed by atoms with Gasteiger partial charge in [0.05, 0.1) is 19.3 Å². The molecule has 0 bridgehead atoms. The Kier molecular flexibility index (Phi) is 10.3. The molecule has 0 unspecified atom stereocenters. The third kappa shape index (κ3) is 7.39. The molecule has 0 fully saturated rings. The first-order valence-corrected chi connectivity index (χ1v) is 8.42. The SMILES string of the molecule is CN=C(NCCSc1ccccc1)NCc1cccc(OC)n1.I. The summed E-state index contributed by atoms with van der Waals surface area (Å²) in [5, 5.41) is 6.54. The molecule has 0 amide bonds. The summed E-state index contributed by atoms with van der Waals surface area (Å²) < 4.78 is 5.12. The number of methoxy groups -OCH3 is 1. The maximum Gasteiger partial charge on any atom is 0.213 e. The number of benzene rings is 1. The van der Waals surface area contributed by atoms with E-state index in [0.717, 1.165) is 24.0 Å². The van der Waals surface area contributed by atoms with Crippen LogP contribution in [0.5, 0.6) is 5.88 Å². The van der Waals surface area contributed by atoms with Crippen LogP contribution in [-0.4, -0.2) is 37.4 Å². The van der Waals surface area contributed by atoms with Gasteiger partial charge in [-0.05, 0) is 18.2 Å². The number of nitrogens with zero attached hydrogens (tertiary/aromatic N) is 2. The second kappa shape index (κ2) is 12.0. The lowest BCUT2D eigenvalue weighted by molar-refractivity contribution is 0.396. The molecule has 0 aliphatic carbocycles. The van der Waals surface area contributed by atoms with E-state index in [2.05, 4.69) is 44.9 Å². The normalized spacial score (nSPS) is 10.7. The number of rotatable bonds is 7. The van der Waals surface area contributed by atoms with Gasteiger partial charge in [-0.25, -0.2) is 4.98 Å². The van der Waals surface area contributed by atoms with Crippen molar-refractivity contribution >= 4 is 41.7 Å². The van der Waals surface area contributed by atoms with E-state index in [4.69, 9.17) is 4.74 Å². The van der Waals surface area contributed by atoms with Crippen LogP contribution in [0.25, 0.3) is 0 Å². The summed E-state index contributed by atoms with van der Waals surface area (Å²) in [5.74, 6) is 2.36. The van der Waals surface area contributed by atoms with Crippen LogP contribution in [0.2, 0.25) is 0 Å². The van der Waals surface area contributed by atoms with Crippen LogP contribution >= 0.6 is 35.7 Å². The van der Waals surface area contributed by atoms with E-state index in [9.17, 15) is 0 Å². The van der Waals surface area contributed by atoms with Crippen molar-refractivity contribution in [1.82, 2.24) is 15.6 Å². The summed E-state index contributed by atoms with van der Waals surface area (Å²) in [4.78, 5) is 9.85. The number of nitrogens with one attached hydrogen (secondary N) is 2. The zero-order valence-electron chi connectivity index (χ0n) is 13.9. The van der Waals surface area contributed by atoms with Crippen molar-refractivity contribution in [3.8, 4) is 5.88 Å². The van der Waals surface area contributed by atoms with E-state index in [1.807, 2.05) is 36.0 Å². The zero-order chi connectivity index (χ0) is 16.3. The van der Waals surface area contributed by atoms with Gasteiger partial charge in [0.1, 0.15) is 0 Å². The topological polar surface area (TPSA) is 58.5 Å². The molecule has 0 aliphatic rings. The van der Waals surface area contributed by atoms with E-state index < -0.39 is 0 Å². The van der Waals surface area contributed by atoms with E-state index in [1.54, 1.807) is 14.2 Å².